The van der Waals surface area contributed by atoms with Crippen molar-refractivity contribution in [1.82, 2.24) is 0 Å². The molecule has 18 aliphatic rings. The molecule has 0 N–H and O–H groups in total. The molecule has 9 saturated carbocycles. The SMILES string of the molecule is C=C(C)C1CCC2(C)OC2C1.CC1(C)C2CC3OC3(C)C1C2.CC1(C)C2CCC(C2)C12CO2.CC1(C)CO1.CC1(C)OC1(C)C.CC1(C2CCC3(C)OC3C2)CO1.CC12CC3C(CC1O2)C3(C)C.CC1OC1(C)C. The highest BCUT2D eigenvalue weighted by molar-refractivity contribution is 5.22. The van der Waals surface area contributed by atoms with Crippen molar-refractivity contribution in [3.8, 4) is 0 Å². The average Bonchev–Trinajstić information content (AvgIpc) is 4.09. The van der Waals surface area contributed by atoms with Crippen LogP contribution in [0.5, 0.6) is 0 Å². The molecule has 0 amide bonds. The molecule has 0 aromatic heterocycles. The molecular weight excluding hydrogens is 925 g/mol. The zero-order valence-corrected chi connectivity index (χ0v) is 51.2. The molecule has 74 heavy (non-hydrogen) atoms. The molecule has 9 nitrogen and oxygen atoms in total. The summed E-state index contributed by atoms with van der Waals surface area (Å²) in [6.07, 6.45) is 20.1. The van der Waals surface area contributed by atoms with Crippen molar-refractivity contribution in [2.45, 2.75) is 315 Å². The van der Waals surface area contributed by atoms with Gasteiger partial charge in [0.25, 0.3) is 0 Å². The van der Waals surface area contributed by atoms with E-state index in [-0.39, 0.29) is 39.2 Å². The van der Waals surface area contributed by atoms with Crippen LogP contribution in [0.2, 0.25) is 0 Å². The number of ether oxygens (including phenoxy) is 9. The van der Waals surface area contributed by atoms with Crippen LogP contribution >= 0.6 is 0 Å². The fourth-order valence-corrected chi connectivity index (χ4v) is 16.1. The highest BCUT2D eigenvalue weighted by Gasteiger charge is 2.73. The molecule has 19 unspecified atom stereocenters. The highest BCUT2D eigenvalue weighted by Crippen LogP contribution is 2.72. The zero-order valence-electron chi connectivity index (χ0n) is 51.2. The summed E-state index contributed by atoms with van der Waals surface area (Å²) in [4.78, 5) is 0. The van der Waals surface area contributed by atoms with E-state index in [4.69, 9.17) is 42.6 Å². The van der Waals surface area contributed by atoms with Crippen molar-refractivity contribution in [2.75, 3.05) is 19.8 Å². The Labute approximate surface area is 451 Å². The fraction of sp³-hybridized carbons (Fsp3) is 0.969. The first-order valence-electron chi connectivity index (χ1n) is 30.5. The Morgan fingerprint density at radius 3 is 1.31 bits per heavy atom. The smallest absolute Gasteiger partial charge is 0.0997 e. The summed E-state index contributed by atoms with van der Waals surface area (Å²) >= 11 is 0. The lowest BCUT2D eigenvalue weighted by atomic mass is 9.46. The van der Waals surface area contributed by atoms with E-state index in [0.29, 0.717) is 63.6 Å². The standard InChI is InChI=1S/C10H16O2.4C10H16O.C6H12O.C5H10O.C4H8O/c1-9-4-3-7(5-8(9)12-9)10(2)6-11-10;1-9(2)6-4-8-10(3,11-8)5-7(6)9;1-9(2)6-4-7(9)10(3)8(5-6)11-10;1-9(2)7-3-4-8(5-7)10(9)6-11-10;1-7(2)8-4-5-10(3)9(6-8)11-10;1-5(2)6(3,4)7-5;1-4-5(2,3)6-4;1-4(2)3-5-4/h7-8H,3-6H2,1-2H3;2*6-8H,4-5H2,1-3H3;7-8H,3-6H2,1-2H3;8-9H,1,4-6H2,2-3H3;1-4H3;4H,1-3H3;3H2,1-2H3. The van der Waals surface area contributed by atoms with Crippen LogP contribution < -0.4 is 0 Å². The third kappa shape index (κ3) is 10.7. The van der Waals surface area contributed by atoms with Crippen molar-refractivity contribution in [1.29, 1.82) is 0 Å². The van der Waals surface area contributed by atoms with E-state index < -0.39 is 0 Å². The van der Waals surface area contributed by atoms with Gasteiger partial charge in [-0.2, -0.15) is 0 Å². The Bertz CT molecular complexity index is 2090. The first-order chi connectivity index (χ1) is 33.8. The molecule has 0 radical (unpaired) electrons. The van der Waals surface area contributed by atoms with E-state index >= 15 is 0 Å². The zero-order chi connectivity index (χ0) is 54.3. The van der Waals surface area contributed by atoms with Gasteiger partial charge in [-0.05, 0) is 251 Å². The van der Waals surface area contributed by atoms with Gasteiger partial charge in [-0.3, -0.25) is 0 Å². The average molecular weight is 1040 g/mol. The quantitative estimate of drug-likeness (QED) is 0.197. The molecule has 18 rings (SSSR count). The molecule has 9 heteroatoms. The van der Waals surface area contributed by atoms with Crippen LogP contribution in [-0.2, 0) is 42.6 Å². The monoisotopic (exact) mass is 1030 g/mol. The van der Waals surface area contributed by atoms with E-state index in [1.54, 1.807) is 0 Å². The van der Waals surface area contributed by atoms with Gasteiger partial charge in [-0.25, -0.2) is 0 Å². The van der Waals surface area contributed by atoms with Crippen molar-refractivity contribution in [3.05, 3.63) is 12.2 Å². The third-order valence-corrected chi connectivity index (χ3v) is 25.0. The second-order valence-electron chi connectivity index (χ2n) is 32.6. The minimum Gasteiger partial charge on any atom is -0.370 e. The van der Waals surface area contributed by atoms with E-state index in [1.807, 2.05) is 0 Å². The van der Waals surface area contributed by atoms with E-state index in [1.165, 1.54) is 89.0 Å². The summed E-state index contributed by atoms with van der Waals surface area (Å²) in [5.41, 5.74) is 5.56. The van der Waals surface area contributed by atoms with Gasteiger partial charge in [-0.1, -0.05) is 53.7 Å². The second-order valence-corrected chi connectivity index (χ2v) is 32.6. The topological polar surface area (TPSA) is 113 Å². The Morgan fingerprint density at radius 2 is 0.946 bits per heavy atom. The first-order valence-corrected chi connectivity index (χ1v) is 30.5. The number of epoxide rings is 9. The molecule has 9 heterocycles. The maximum Gasteiger partial charge on any atom is 0.0997 e. The normalized spacial score (nSPS) is 52.9. The van der Waals surface area contributed by atoms with Crippen LogP contribution in [0.25, 0.3) is 0 Å². The van der Waals surface area contributed by atoms with E-state index in [0.717, 1.165) is 67.2 Å². The van der Waals surface area contributed by atoms with Gasteiger partial charge in [0, 0.05) is 0 Å². The number of allylic oxidation sites excluding steroid dienone is 1. The molecule has 1 spiro atoms. The van der Waals surface area contributed by atoms with Gasteiger partial charge in [0.2, 0.25) is 0 Å². The predicted molar refractivity (Wildman–Crippen MR) is 294 cm³/mol. The Hall–Kier alpha value is -0.620. The predicted octanol–water partition coefficient (Wildman–Crippen LogP) is 14.4. The van der Waals surface area contributed by atoms with Gasteiger partial charge in [0.05, 0.1) is 106 Å². The van der Waals surface area contributed by atoms with E-state index in [2.05, 4.69) is 152 Å². The number of rotatable bonds is 2. The second kappa shape index (κ2) is 17.7. The van der Waals surface area contributed by atoms with E-state index in [9.17, 15) is 0 Å². The van der Waals surface area contributed by atoms with Crippen molar-refractivity contribution in [3.63, 3.8) is 0 Å². The largest absolute Gasteiger partial charge is 0.370 e. The maximum absolute atomic E-state index is 5.75. The Kier molecular flexibility index (Phi) is 13.5. The minimum atomic E-state index is 0.146. The molecule has 0 aromatic carbocycles. The van der Waals surface area contributed by atoms with Crippen LogP contribution in [0.1, 0.15) is 229 Å². The lowest BCUT2D eigenvalue weighted by molar-refractivity contribution is -0.0789. The van der Waals surface area contributed by atoms with Gasteiger partial charge in [0.1, 0.15) is 0 Å². The molecule has 0 aromatic rings. The van der Waals surface area contributed by atoms with Crippen LogP contribution in [-0.4, -0.2) is 106 Å². The summed E-state index contributed by atoms with van der Waals surface area (Å²) in [5.74, 6) is 7.17. The summed E-state index contributed by atoms with van der Waals surface area (Å²) in [6, 6.07) is 0. The van der Waals surface area contributed by atoms with Crippen molar-refractivity contribution in [2.24, 2.45) is 63.6 Å². The molecule has 9 saturated heterocycles. The van der Waals surface area contributed by atoms with Gasteiger partial charge in [0.15, 0.2) is 0 Å². The summed E-state index contributed by atoms with van der Waals surface area (Å²) in [6.45, 7) is 53.7. The van der Waals surface area contributed by atoms with Crippen LogP contribution in [0.4, 0.5) is 0 Å². The van der Waals surface area contributed by atoms with Crippen molar-refractivity contribution >= 4 is 0 Å². The van der Waals surface area contributed by atoms with Crippen LogP contribution in [0.3, 0.4) is 0 Å². The first kappa shape index (κ1) is 56.6. The fourth-order valence-electron chi connectivity index (χ4n) is 16.1. The molecule has 9 aliphatic heterocycles. The number of hydrogen-bond donors (Lipinski definition) is 0. The minimum absolute atomic E-state index is 0.146. The molecule has 18 fully saturated rings. The van der Waals surface area contributed by atoms with Crippen LogP contribution in [0.15, 0.2) is 12.2 Å². The molecule has 424 valence electrons. The summed E-state index contributed by atoms with van der Waals surface area (Å²) in [7, 11) is 0. The highest BCUT2D eigenvalue weighted by atomic mass is 16.6. The molecule has 4 bridgehead atoms. The Morgan fingerprint density at radius 1 is 0.459 bits per heavy atom. The number of fused-ring (bicyclic) bond motifs is 7. The third-order valence-electron chi connectivity index (χ3n) is 25.0. The Balaban J connectivity index is 0.0000000981. The lowest BCUT2D eigenvalue weighted by Crippen LogP contribution is -2.56. The van der Waals surface area contributed by atoms with Crippen molar-refractivity contribution < 1.29 is 42.6 Å². The van der Waals surface area contributed by atoms with Gasteiger partial charge in [-0.15, -0.1) is 0 Å². The molecular formula is C65H110O9. The molecule has 19 atom stereocenters. The van der Waals surface area contributed by atoms with Crippen LogP contribution in [0, 0.1) is 63.6 Å². The maximum atomic E-state index is 5.75. The summed E-state index contributed by atoms with van der Waals surface area (Å²) in [5, 5.41) is 0. The van der Waals surface area contributed by atoms with Gasteiger partial charge >= 0.3 is 0 Å². The molecule has 9 aliphatic carbocycles. The lowest BCUT2D eigenvalue weighted by Gasteiger charge is -2.57. The number of hydrogen-bond acceptors (Lipinski definition) is 9. The van der Waals surface area contributed by atoms with Gasteiger partial charge < -0.3 is 42.6 Å². The summed E-state index contributed by atoms with van der Waals surface area (Å²) < 4.78 is 49.2.